The molecule has 0 saturated carbocycles. The zero-order valence-corrected chi connectivity index (χ0v) is 12.9. The van der Waals surface area contributed by atoms with Crippen LogP contribution in [0, 0.1) is 6.92 Å². The number of rotatable bonds is 4. The van der Waals surface area contributed by atoms with Crippen molar-refractivity contribution in [3.8, 4) is 0 Å². The predicted octanol–water partition coefficient (Wildman–Crippen LogP) is 3.95. The van der Waals surface area contributed by atoms with Crippen LogP contribution >= 0.6 is 27.3 Å². The van der Waals surface area contributed by atoms with Crippen LogP contribution in [0.3, 0.4) is 0 Å². The molecule has 0 spiro atoms. The fourth-order valence-corrected chi connectivity index (χ4v) is 3.20. The SMILES string of the molecule is Cc1ccc(N(C)Cc2csc(Br)c2)c(CO)c1. The zero-order chi connectivity index (χ0) is 13.1. The maximum atomic E-state index is 9.43. The van der Waals surface area contributed by atoms with Crippen LogP contribution in [0.2, 0.25) is 0 Å². The summed E-state index contributed by atoms with van der Waals surface area (Å²) in [6, 6.07) is 8.32. The number of benzene rings is 1. The van der Waals surface area contributed by atoms with Gasteiger partial charge in [0.25, 0.3) is 0 Å². The molecule has 0 atom stereocenters. The number of nitrogens with zero attached hydrogens (tertiary/aromatic N) is 1. The number of aryl methyl sites for hydroxylation is 1. The average Bonchev–Trinajstić information content (AvgIpc) is 2.74. The highest BCUT2D eigenvalue weighted by molar-refractivity contribution is 9.11. The molecule has 0 amide bonds. The first-order valence-electron chi connectivity index (χ1n) is 5.74. The van der Waals surface area contributed by atoms with Gasteiger partial charge in [-0.2, -0.15) is 0 Å². The van der Waals surface area contributed by atoms with Crippen molar-refractivity contribution in [2.75, 3.05) is 11.9 Å². The molecule has 1 aromatic heterocycles. The fraction of sp³-hybridized carbons (Fsp3) is 0.286. The van der Waals surface area contributed by atoms with E-state index in [1.807, 2.05) is 13.0 Å². The van der Waals surface area contributed by atoms with E-state index in [2.05, 4.69) is 51.5 Å². The first-order valence-corrected chi connectivity index (χ1v) is 7.42. The summed E-state index contributed by atoms with van der Waals surface area (Å²) in [5, 5.41) is 11.6. The Labute approximate surface area is 120 Å². The van der Waals surface area contributed by atoms with E-state index in [9.17, 15) is 5.11 Å². The molecule has 0 fully saturated rings. The van der Waals surface area contributed by atoms with Crippen LogP contribution in [-0.2, 0) is 13.2 Å². The van der Waals surface area contributed by atoms with E-state index in [1.165, 1.54) is 11.1 Å². The molecule has 0 aliphatic heterocycles. The van der Waals surface area contributed by atoms with Gasteiger partial charge < -0.3 is 10.0 Å². The van der Waals surface area contributed by atoms with Gasteiger partial charge in [0, 0.05) is 24.8 Å². The molecule has 0 saturated heterocycles. The second kappa shape index (κ2) is 5.87. The smallest absolute Gasteiger partial charge is 0.0702 e. The predicted molar refractivity (Wildman–Crippen MR) is 81.2 cm³/mol. The fourth-order valence-electron chi connectivity index (χ4n) is 2.00. The van der Waals surface area contributed by atoms with Crippen LogP contribution in [0.1, 0.15) is 16.7 Å². The first kappa shape index (κ1) is 13.6. The third kappa shape index (κ3) is 3.13. The molecule has 2 aromatic rings. The van der Waals surface area contributed by atoms with Crippen molar-refractivity contribution < 1.29 is 5.11 Å². The number of halogens is 1. The lowest BCUT2D eigenvalue weighted by molar-refractivity contribution is 0.282. The van der Waals surface area contributed by atoms with E-state index in [-0.39, 0.29) is 6.61 Å². The Morgan fingerprint density at radius 3 is 2.72 bits per heavy atom. The number of aliphatic hydroxyl groups excluding tert-OH is 1. The van der Waals surface area contributed by atoms with Gasteiger partial charge in [-0.15, -0.1) is 11.3 Å². The van der Waals surface area contributed by atoms with E-state index < -0.39 is 0 Å². The Morgan fingerprint density at radius 2 is 2.11 bits per heavy atom. The number of aliphatic hydroxyl groups is 1. The Hall–Kier alpha value is -0.840. The summed E-state index contributed by atoms with van der Waals surface area (Å²) in [5.74, 6) is 0. The molecule has 0 aliphatic rings. The van der Waals surface area contributed by atoms with Gasteiger partial charge in [-0.05, 0) is 45.9 Å². The lowest BCUT2D eigenvalue weighted by atomic mass is 10.1. The maximum absolute atomic E-state index is 9.43. The van der Waals surface area contributed by atoms with Crippen LogP contribution in [0.25, 0.3) is 0 Å². The molecule has 1 N–H and O–H groups in total. The minimum absolute atomic E-state index is 0.0781. The third-order valence-electron chi connectivity index (χ3n) is 2.86. The van der Waals surface area contributed by atoms with Crippen LogP contribution in [0.4, 0.5) is 5.69 Å². The molecule has 0 radical (unpaired) electrons. The number of thiophene rings is 1. The second-order valence-electron chi connectivity index (χ2n) is 4.41. The molecule has 4 heteroatoms. The van der Waals surface area contributed by atoms with E-state index in [0.29, 0.717) is 0 Å². The molecule has 0 bridgehead atoms. The van der Waals surface area contributed by atoms with Crippen molar-refractivity contribution in [2.24, 2.45) is 0 Å². The summed E-state index contributed by atoms with van der Waals surface area (Å²) in [5.41, 5.74) is 4.52. The number of hydrogen-bond acceptors (Lipinski definition) is 3. The minimum atomic E-state index is 0.0781. The van der Waals surface area contributed by atoms with E-state index in [0.717, 1.165) is 21.6 Å². The van der Waals surface area contributed by atoms with Gasteiger partial charge in [0.05, 0.1) is 10.4 Å². The van der Waals surface area contributed by atoms with Crippen molar-refractivity contribution in [3.63, 3.8) is 0 Å². The molecule has 1 heterocycles. The normalized spacial score (nSPS) is 10.7. The van der Waals surface area contributed by atoms with Crippen LogP contribution in [-0.4, -0.2) is 12.2 Å². The van der Waals surface area contributed by atoms with Gasteiger partial charge in [-0.25, -0.2) is 0 Å². The largest absolute Gasteiger partial charge is 0.392 e. The Morgan fingerprint density at radius 1 is 1.33 bits per heavy atom. The van der Waals surface area contributed by atoms with Gasteiger partial charge in [0.2, 0.25) is 0 Å². The molecule has 0 unspecified atom stereocenters. The number of anilines is 1. The number of hydrogen-bond donors (Lipinski definition) is 1. The van der Waals surface area contributed by atoms with E-state index >= 15 is 0 Å². The van der Waals surface area contributed by atoms with Gasteiger partial charge in [-0.3, -0.25) is 0 Å². The lowest BCUT2D eigenvalue weighted by Gasteiger charge is -2.22. The molecule has 1 aromatic carbocycles. The summed E-state index contributed by atoms with van der Waals surface area (Å²) in [7, 11) is 2.05. The molecular formula is C14H16BrNOS. The molecule has 2 nitrogen and oxygen atoms in total. The van der Waals surface area contributed by atoms with Gasteiger partial charge in [0.1, 0.15) is 0 Å². The van der Waals surface area contributed by atoms with E-state index in [4.69, 9.17) is 0 Å². The summed E-state index contributed by atoms with van der Waals surface area (Å²) in [4.78, 5) is 2.17. The summed E-state index contributed by atoms with van der Waals surface area (Å²) >= 11 is 5.17. The van der Waals surface area contributed by atoms with Crippen molar-refractivity contribution in [2.45, 2.75) is 20.1 Å². The van der Waals surface area contributed by atoms with Crippen molar-refractivity contribution >= 4 is 33.0 Å². The monoisotopic (exact) mass is 325 g/mol. The average molecular weight is 326 g/mol. The molecule has 0 aliphatic carbocycles. The van der Waals surface area contributed by atoms with Crippen molar-refractivity contribution in [1.82, 2.24) is 0 Å². The van der Waals surface area contributed by atoms with Crippen LogP contribution in [0.5, 0.6) is 0 Å². The molecule has 18 heavy (non-hydrogen) atoms. The quantitative estimate of drug-likeness (QED) is 0.920. The standard InChI is InChI=1S/C14H16BrNOS/c1-10-3-4-13(12(5-10)8-17)16(2)7-11-6-14(15)18-9-11/h3-6,9,17H,7-8H2,1-2H3. The zero-order valence-electron chi connectivity index (χ0n) is 10.5. The van der Waals surface area contributed by atoms with Gasteiger partial charge >= 0.3 is 0 Å². The lowest BCUT2D eigenvalue weighted by Crippen LogP contribution is -2.17. The van der Waals surface area contributed by atoms with E-state index in [1.54, 1.807) is 11.3 Å². The van der Waals surface area contributed by atoms with Crippen molar-refractivity contribution in [1.29, 1.82) is 0 Å². The minimum Gasteiger partial charge on any atom is -0.392 e. The molecular weight excluding hydrogens is 310 g/mol. The molecule has 2 rings (SSSR count). The second-order valence-corrected chi connectivity index (χ2v) is 6.70. The Bertz CT molecular complexity index is 538. The van der Waals surface area contributed by atoms with Crippen LogP contribution in [0.15, 0.2) is 33.4 Å². The van der Waals surface area contributed by atoms with Crippen LogP contribution < -0.4 is 4.90 Å². The summed E-state index contributed by atoms with van der Waals surface area (Å²) in [6.07, 6.45) is 0. The van der Waals surface area contributed by atoms with Gasteiger partial charge in [-0.1, -0.05) is 17.7 Å². The van der Waals surface area contributed by atoms with Gasteiger partial charge in [0.15, 0.2) is 0 Å². The molecule has 96 valence electrons. The maximum Gasteiger partial charge on any atom is 0.0702 e. The summed E-state index contributed by atoms with van der Waals surface area (Å²) < 4.78 is 1.15. The highest BCUT2D eigenvalue weighted by Crippen LogP contribution is 2.25. The first-order chi connectivity index (χ1) is 8.60. The summed E-state index contributed by atoms with van der Waals surface area (Å²) in [6.45, 7) is 2.96. The topological polar surface area (TPSA) is 23.5 Å². The highest BCUT2D eigenvalue weighted by Gasteiger charge is 2.08. The Kier molecular flexibility index (Phi) is 4.43. The highest BCUT2D eigenvalue weighted by atomic mass is 79.9. The third-order valence-corrected chi connectivity index (χ3v) is 4.41. The van der Waals surface area contributed by atoms with Crippen molar-refractivity contribution in [3.05, 3.63) is 50.1 Å². The Balaban J connectivity index is 2.20.